The fourth-order valence-electron chi connectivity index (χ4n) is 2.55. The zero-order chi connectivity index (χ0) is 13.2. The van der Waals surface area contributed by atoms with Gasteiger partial charge in [0.2, 0.25) is 0 Å². The van der Waals surface area contributed by atoms with Crippen LogP contribution in [0.3, 0.4) is 0 Å². The van der Waals surface area contributed by atoms with Crippen LogP contribution in [0.5, 0.6) is 0 Å². The quantitative estimate of drug-likeness (QED) is 0.654. The minimum absolute atomic E-state index is 0.0863. The highest BCUT2D eigenvalue weighted by Crippen LogP contribution is 2.28. The number of amides is 1. The summed E-state index contributed by atoms with van der Waals surface area (Å²) in [5.41, 5.74) is 4.15. The third-order valence-electron chi connectivity index (χ3n) is 3.80. The topological polar surface area (TPSA) is 29.1 Å². The van der Waals surface area contributed by atoms with Crippen molar-refractivity contribution in [2.75, 3.05) is 6.54 Å². The molecule has 2 nitrogen and oxygen atoms in total. The summed E-state index contributed by atoms with van der Waals surface area (Å²) in [6.07, 6.45) is 4.98. The van der Waals surface area contributed by atoms with Crippen molar-refractivity contribution in [3.63, 3.8) is 0 Å². The Morgan fingerprint density at radius 1 is 1.28 bits per heavy atom. The van der Waals surface area contributed by atoms with Crippen molar-refractivity contribution < 1.29 is 4.79 Å². The van der Waals surface area contributed by atoms with Crippen LogP contribution in [0, 0.1) is 0 Å². The molecule has 1 N–H and O–H groups in total. The van der Waals surface area contributed by atoms with E-state index in [0.717, 1.165) is 0 Å². The van der Waals surface area contributed by atoms with Gasteiger partial charge in [-0.2, -0.15) is 0 Å². The second-order valence-corrected chi connectivity index (χ2v) is 6.05. The Labute approximate surface area is 114 Å². The first-order valence-corrected chi connectivity index (χ1v) is 6.92. The largest absolute Gasteiger partial charge is 0.342 e. The van der Waals surface area contributed by atoms with Crippen molar-refractivity contribution in [1.29, 1.82) is 0 Å². The van der Waals surface area contributed by atoms with Crippen molar-refractivity contribution >= 4 is 17.0 Å². The van der Waals surface area contributed by atoms with E-state index < -0.39 is 5.37 Å². The number of nitrogens with one attached hydrogen (secondary N) is 1. The Bertz CT molecular complexity index is 454. The maximum atomic E-state index is 10.8. The highest BCUT2D eigenvalue weighted by molar-refractivity contribution is 6.62. The molecule has 0 heterocycles. The summed E-state index contributed by atoms with van der Waals surface area (Å²) in [6.45, 7) is 4.82. The Morgan fingerprint density at radius 2 is 1.94 bits per heavy atom. The molecule has 0 fully saturated rings. The van der Waals surface area contributed by atoms with E-state index in [1.165, 1.54) is 42.4 Å². The van der Waals surface area contributed by atoms with Gasteiger partial charge >= 0.3 is 5.37 Å². The molecule has 0 atom stereocenters. The Kier molecular flexibility index (Phi) is 3.96. The van der Waals surface area contributed by atoms with Crippen LogP contribution < -0.4 is 5.32 Å². The lowest BCUT2D eigenvalue weighted by atomic mass is 9.81. The first-order chi connectivity index (χ1) is 8.49. The first kappa shape index (κ1) is 13.4. The summed E-state index contributed by atoms with van der Waals surface area (Å²) in [5.74, 6) is 0. The average Bonchev–Trinajstić information content (AvgIpc) is 2.36. The number of halogens is 1. The van der Waals surface area contributed by atoms with Crippen LogP contribution in [0.2, 0.25) is 0 Å². The molecule has 3 heteroatoms. The molecule has 0 aliphatic heterocycles. The van der Waals surface area contributed by atoms with Crippen molar-refractivity contribution in [3.05, 3.63) is 34.9 Å². The molecule has 1 amide bonds. The second kappa shape index (κ2) is 5.31. The van der Waals surface area contributed by atoms with Crippen LogP contribution in [-0.4, -0.2) is 11.9 Å². The minimum Gasteiger partial charge on any atom is -0.342 e. The van der Waals surface area contributed by atoms with Crippen LogP contribution in [0.15, 0.2) is 18.2 Å². The van der Waals surface area contributed by atoms with Gasteiger partial charge in [-0.25, -0.2) is 0 Å². The van der Waals surface area contributed by atoms with Crippen LogP contribution >= 0.6 is 11.6 Å². The van der Waals surface area contributed by atoms with E-state index in [0.29, 0.717) is 6.54 Å². The third-order valence-corrected chi connectivity index (χ3v) is 3.93. The molecule has 2 rings (SSSR count). The molecule has 1 aliphatic carbocycles. The van der Waals surface area contributed by atoms with Crippen molar-refractivity contribution in [1.82, 2.24) is 5.32 Å². The lowest BCUT2D eigenvalue weighted by Gasteiger charge is -2.27. The van der Waals surface area contributed by atoms with Crippen LogP contribution in [0.1, 0.15) is 43.4 Å². The van der Waals surface area contributed by atoms with Gasteiger partial charge in [-0.1, -0.05) is 32.0 Å². The molecule has 0 bridgehead atoms. The first-order valence-electron chi connectivity index (χ1n) is 6.55. The predicted molar refractivity (Wildman–Crippen MR) is 75.4 cm³/mol. The smallest absolute Gasteiger partial charge is 0.313 e. The summed E-state index contributed by atoms with van der Waals surface area (Å²) in [5, 5.41) is 2.21. The third kappa shape index (κ3) is 3.05. The van der Waals surface area contributed by atoms with Crippen LogP contribution in [0.4, 0.5) is 4.79 Å². The van der Waals surface area contributed by atoms with Gasteiger partial charge in [0.05, 0.1) is 0 Å². The normalized spacial score (nSPS) is 15.1. The number of carbonyl (C=O) groups is 1. The van der Waals surface area contributed by atoms with E-state index in [4.69, 9.17) is 11.6 Å². The SMILES string of the molecule is CC(C)(CNC(=O)Cl)c1ccc2c(c1)CCCC2. The van der Waals surface area contributed by atoms with E-state index in [-0.39, 0.29) is 5.41 Å². The number of carbonyl (C=O) groups excluding carboxylic acids is 1. The standard InChI is InChI=1S/C15H20ClNO/c1-15(2,10-17-14(16)18)13-8-7-11-5-3-4-6-12(11)9-13/h7-9H,3-6,10H2,1-2H3,(H,17,18). The molecule has 0 saturated carbocycles. The molecule has 0 aromatic heterocycles. The second-order valence-electron chi connectivity index (χ2n) is 5.70. The highest BCUT2D eigenvalue weighted by Gasteiger charge is 2.22. The maximum Gasteiger partial charge on any atom is 0.313 e. The Balaban J connectivity index is 2.19. The molecule has 98 valence electrons. The zero-order valence-corrected chi connectivity index (χ0v) is 11.8. The van der Waals surface area contributed by atoms with E-state index in [2.05, 4.69) is 37.4 Å². The van der Waals surface area contributed by atoms with Gasteiger partial charge in [-0.05, 0) is 54.0 Å². The van der Waals surface area contributed by atoms with E-state index >= 15 is 0 Å². The van der Waals surface area contributed by atoms with Gasteiger partial charge in [0.25, 0.3) is 0 Å². The molecule has 0 saturated heterocycles. The summed E-state index contributed by atoms with van der Waals surface area (Å²) < 4.78 is 0. The summed E-state index contributed by atoms with van der Waals surface area (Å²) in [7, 11) is 0. The predicted octanol–water partition coefficient (Wildman–Crippen LogP) is 3.79. The molecule has 0 radical (unpaired) electrons. The van der Waals surface area contributed by atoms with Gasteiger partial charge in [0, 0.05) is 12.0 Å². The number of aryl methyl sites for hydroxylation is 2. The van der Waals surface area contributed by atoms with Gasteiger partial charge in [0.15, 0.2) is 0 Å². The summed E-state index contributed by atoms with van der Waals surface area (Å²) in [4.78, 5) is 10.8. The minimum atomic E-state index is -0.485. The van der Waals surface area contributed by atoms with Gasteiger partial charge < -0.3 is 5.32 Å². The van der Waals surface area contributed by atoms with Gasteiger partial charge in [0.1, 0.15) is 0 Å². The molecule has 1 aromatic rings. The van der Waals surface area contributed by atoms with Gasteiger partial charge in [-0.3, -0.25) is 4.79 Å². The number of rotatable bonds is 3. The highest BCUT2D eigenvalue weighted by atomic mass is 35.5. The van der Waals surface area contributed by atoms with E-state index in [9.17, 15) is 4.79 Å². The molecule has 0 spiro atoms. The zero-order valence-electron chi connectivity index (χ0n) is 11.1. The lowest BCUT2D eigenvalue weighted by molar-refractivity contribution is 0.257. The van der Waals surface area contributed by atoms with Crippen molar-refractivity contribution in [3.8, 4) is 0 Å². The lowest BCUT2D eigenvalue weighted by Crippen LogP contribution is -2.34. The van der Waals surface area contributed by atoms with Crippen LogP contribution in [-0.2, 0) is 18.3 Å². The fraction of sp³-hybridized carbons (Fsp3) is 0.533. The van der Waals surface area contributed by atoms with Crippen LogP contribution in [0.25, 0.3) is 0 Å². The van der Waals surface area contributed by atoms with Crippen molar-refractivity contribution in [2.45, 2.75) is 44.9 Å². The molecular formula is C15H20ClNO. The van der Waals surface area contributed by atoms with Crippen molar-refractivity contribution in [2.24, 2.45) is 0 Å². The molecule has 1 aliphatic rings. The summed E-state index contributed by atoms with van der Waals surface area (Å²) >= 11 is 5.34. The monoisotopic (exact) mass is 265 g/mol. The molecule has 0 unspecified atom stereocenters. The average molecular weight is 266 g/mol. The Hall–Kier alpha value is -1.02. The van der Waals surface area contributed by atoms with E-state index in [1.54, 1.807) is 0 Å². The number of hydrogen-bond acceptors (Lipinski definition) is 1. The number of benzene rings is 1. The molecule has 1 aromatic carbocycles. The number of hydrogen-bond donors (Lipinski definition) is 1. The molecular weight excluding hydrogens is 246 g/mol. The number of fused-ring (bicyclic) bond motifs is 1. The van der Waals surface area contributed by atoms with Gasteiger partial charge in [-0.15, -0.1) is 0 Å². The molecule has 18 heavy (non-hydrogen) atoms. The fourth-order valence-corrected chi connectivity index (χ4v) is 2.61. The summed E-state index contributed by atoms with van der Waals surface area (Å²) in [6, 6.07) is 6.73. The Morgan fingerprint density at radius 3 is 2.61 bits per heavy atom. The maximum absolute atomic E-state index is 10.8. The van der Waals surface area contributed by atoms with E-state index in [1.807, 2.05) is 0 Å².